The van der Waals surface area contributed by atoms with E-state index in [1.165, 1.54) is 0 Å². The van der Waals surface area contributed by atoms with E-state index >= 15 is 0 Å². The van der Waals surface area contributed by atoms with E-state index in [9.17, 15) is 4.79 Å². The van der Waals surface area contributed by atoms with Crippen molar-refractivity contribution in [3.05, 3.63) is 53.7 Å². The lowest BCUT2D eigenvalue weighted by Gasteiger charge is -2.18. The number of aromatic nitrogens is 1. The van der Waals surface area contributed by atoms with E-state index in [0.29, 0.717) is 11.3 Å². The molecule has 2 heterocycles. The summed E-state index contributed by atoms with van der Waals surface area (Å²) in [6.07, 6.45) is 2.79. The number of primary amides is 1. The largest absolute Gasteiger partial charge is 0.488 e. The quantitative estimate of drug-likeness (QED) is 0.939. The summed E-state index contributed by atoms with van der Waals surface area (Å²) in [6, 6.07) is 11.2. The molecule has 1 fully saturated rings. The molecule has 0 bridgehead atoms. The predicted molar refractivity (Wildman–Crippen MR) is 85.2 cm³/mol. The topological polar surface area (TPSA) is 68.5 Å². The zero-order chi connectivity index (χ0) is 15.5. The van der Waals surface area contributed by atoms with Crippen LogP contribution < -0.4 is 15.4 Å². The number of rotatable bonds is 4. The minimum atomic E-state index is -0.467. The molecule has 1 aliphatic heterocycles. The molecular formula is C17H19N3O2. The molecule has 0 spiro atoms. The Kier molecular flexibility index (Phi) is 3.96. The molecule has 5 nitrogen and oxygen atoms in total. The van der Waals surface area contributed by atoms with Crippen molar-refractivity contribution in [3.63, 3.8) is 0 Å². The molecule has 2 N–H and O–H groups in total. The van der Waals surface area contributed by atoms with Gasteiger partial charge >= 0.3 is 0 Å². The second-order valence-electron chi connectivity index (χ2n) is 5.53. The van der Waals surface area contributed by atoms with E-state index in [-0.39, 0.29) is 6.10 Å². The first-order chi connectivity index (χ1) is 10.6. The third kappa shape index (κ3) is 3.03. The standard InChI is InChI=1S/C17H19N3O2/c1-12-6-7-16(19-10-12)20-9-8-13(11-20)22-15-5-3-2-4-14(15)17(18)21/h2-7,10,13H,8-9,11H2,1H3,(H2,18,21)/t13-/m0/s1. The van der Waals surface area contributed by atoms with E-state index in [1.54, 1.807) is 18.2 Å². The maximum Gasteiger partial charge on any atom is 0.252 e. The minimum absolute atomic E-state index is 0.0311. The number of hydrogen-bond acceptors (Lipinski definition) is 4. The summed E-state index contributed by atoms with van der Waals surface area (Å²) in [5.41, 5.74) is 6.95. The van der Waals surface area contributed by atoms with Gasteiger partial charge in [0.15, 0.2) is 0 Å². The third-order valence-corrected chi connectivity index (χ3v) is 3.81. The lowest BCUT2D eigenvalue weighted by molar-refractivity contribution is 0.0994. The van der Waals surface area contributed by atoms with Crippen molar-refractivity contribution in [1.82, 2.24) is 4.98 Å². The highest BCUT2D eigenvalue weighted by Gasteiger charge is 2.26. The Morgan fingerprint density at radius 3 is 2.86 bits per heavy atom. The third-order valence-electron chi connectivity index (χ3n) is 3.81. The molecule has 3 rings (SSSR count). The normalized spacial score (nSPS) is 17.5. The molecule has 0 saturated carbocycles. The Labute approximate surface area is 129 Å². The summed E-state index contributed by atoms with van der Waals surface area (Å²) in [6.45, 7) is 3.66. The number of ether oxygens (including phenoxy) is 1. The summed E-state index contributed by atoms with van der Waals surface area (Å²) in [5, 5.41) is 0. The van der Waals surface area contributed by atoms with Crippen molar-refractivity contribution in [1.29, 1.82) is 0 Å². The van der Waals surface area contributed by atoms with Gasteiger partial charge in [-0.15, -0.1) is 0 Å². The van der Waals surface area contributed by atoms with Gasteiger partial charge in [-0.2, -0.15) is 0 Å². The number of nitrogens with zero attached hydrogens (tertiary/aromatic N) is 2. The molecular weight excluding hydrogens is 278 g/mol. The Morgan fingerprint density at radius 2 is 2.14 bits per heavy atom. The summed E-state index contributed by atoms with van der Waals surface area (Å²) >= 11 is 0. The number of amides is 1. The fourth-order valence-corrected chi connectivity index (χ4v) is 2.63. The van der Waals surface area contributed by atoms with Crippen LogP contribution in [0.25, 0.3) is 0 Å². The maximum atomic E-state index is 11.4. The molecule has 1 aromatic heterocycles. The number of para-hydroxylation sites is 1. The number of nitrogens with two attached hydrogens (primary N) is 1. The van der Waals surface area contributed by atoms with Crippen LogP contribution in [-0.2, 0) is 0 Å². The highest BCUT2D eigenvalue weighted by Crippen LogP contribution is 2.24. The molecule has 1 aromatic carbocycles. The van der Waals surface area contributed by atoms with Gasteiger partial charge in [0.1, 0.15) is 17.7 Å². The molecule has 0 unspecified atom stereocenters. The fraction of sp³-hybridized carbons (Fsp3) is 0.294. The van der Waals surface area contributed by atoms with E-state index in [0.717, 1.165) is 30.9 Å². The number of hydrogen-bond donors (Lipinski definition) is 1. The molecule has 0 radical (unpaired) electrons. The Morgan fingerprint density at radius 1 is 1.32 bits per heavy atom. The average Bonchev–Trinajstić information content (AvgIpc) is 2.97. The van der Waals surface area contributed by atoms with E-state index in [2.05, 4.69) is 16.0 Å². The Hall–Kier alpha value is -2.56. The molecule has 1 aliphatic rings. The minimum Gasteiger partial charge on any atom is -0.488 e. The van der Waals surface area contributed by atoms with Gasteiger partial charge in [-0.05, 0) is 30.7 Å². The van der Waals surface area contributed by atoms with Gasteiger partial charge in [0.05, 0.1) is 12.1 Å². The fourth-order valence-electron chi connectivity index (χ4n) is 2.63. The van der Waals surface area contributed by atoms with Gasteiger partial charge in [0.2, 0.25) is 0 Å². The first-order valence-corrected chi connectivity index (χ1v) is 7.36. The number of carbonyl (C=O) groups is 1. The van der Waals surface area contributed by atoms with Crippen molar-refractivity contribution in [2.45, 2.75) is 19.4 Å². The summed E-state index contributed by atoms with van der Waals surface area (Å²) in [7, 11) is 0. The zero-order valence-electron chi connectivity index (χ0n) is 12.5. The van der Waals surface area contributed by atoms with Gasteiger partial charge in [0, 0.05) is 19.2 Å². The highest BCUT2D eigenvalue weighted by molar-refractivity contribution is 5.95. The van der Waals surface area contributed by atoms with Crippen LogP contribution in [0.5, 0.6) is 5.75 Å². The van der Waals surface area contributed by atoms with Crippen LogP contribution in [0.4, 0.5) is 5.82 Å². The monoisotopic (exact) mass is 297 g/mol. The molecule has 5 heteroatoms. The Bertz CT molecular complexity index is 670. The molecule has 114 valence electrons. The molecule has 1 amide bonds. The Balaban J connectivity index is 1.69. The summed E-state index contributed by atoms with van der Waals surface area (Å²) in [4.78, 5) is 18.1. The molecule has 1 atom stereocenters. The van der Waals surface area contributed by atoms with E-state index in [1.807, 2.05) is 25.3 Å². The van der Waals surface area contributed by atoms with Crippen LogP contribution in [0, 0.1) is 6.92 Å². The maximum absolute atomic E-state index is 11.4. The number of anilines is 1. The van der Waals surface area contributed by atoms with Crippen molar-refractivity contribution in [2.75, 3.05) is 18.0 Å². The van der Waals surface area contributed by atoms with Crippen molar-refractivity contribution in [2.24, 2.45) is 5.73 Å². The van der Waals surface area contributed by atoms with Crippen LogP contribution in [0.3, 0.4) is 0 Å². The van der Waals surface area contributed by atoms with Gasteiger partial charge in [-0.3, -0.25) is 4.79 Å². The summed E-state index contributed by atoms with van der Waals surface area (Å²) < 4.78 is 5.97. The zero-order valence-corrected chi connectivity index (χ0v) is 12.5. The van der Waals surface area contributed by atoms with Gasteiger partial charge in [-0.25, -0.2) is 4.98 Å². The van der Waals surface area contributed by atoms with Crippen LogP contribution in [-0.4, -0.2) is 30.1 Å². The van der Waals surface area contributed by atoms with Crippen LogP contribution in [0.15, 0.2) is 42.6 Å². The van der Waals surface area contributed by atoms with Gasteiger partial charge in [-0.1, -0.05) is 18.2 Å². The molecule has 0 aliphatic carbocycles. The van der Waals surface area contributed by atoms with E-state index in [4.69, 9.17) is 10.5 Å². The number of carbonyl (C=O) groups excluding carboxylic acids is 1. The molecule has 1 saturated heterocycles. The average molecular weight is 297 g/mol. The lowest BCUT2D eigenvalue weighted by Crippen LogP contribution is -2.26. The second-order valence-corrected chi connectivity index (χ2v) is 5.53. The van der Waals surface area contributed by atoms with Gasteiger partial charge < -0.3 is 15.4 Å². The number of pyridine rings is 1. The second kappa shape index (κ2) is 6.05. The summed E-state index contributed by atoms with van der Waals surface area (Å²) in [5.74, 6) is 1.05. The van der Waals surface area contributed by atoms with Crippen molar-refractivity contribution >= 4 is 11.7 Å². The van der Waals surface area contributed by atoms with E-state index < -0.39 is 5.91 Å². The number of benzene rings is 1. The van der Waals surface area contributed by atoms with Crippen LogP contribution in [0.1, 0.15) is 22.3 Å². The number of aryl methyl sites for hydroxylation is 1. The SMILES string of the molecule is Cc1ccc(N2CC[C@H](Oc3ccccc3C(N)=O)C2)nc1. The van der Waals surface area contributed by atoms with Crippen LogP contribution >= 0.6 is 0 Å². The van der Waals surface area contributed by atoms with Crippen molar-refractivity contribution < 1.29 is 9.53 Å². The first-order valence-electron chi connectivity index (χ1n) is 7.36. The highest BCUT2D eigenvalue weighted by atomic mass is 16.5. The van der Waals surface area contributed by atoms with Crippen molar-refractivity contribution in [3.8, 4) is 5.75 Å². The first kappa shape index (κ1) is 14.4. The lowest BCUT2D eigenvalue weighted by atomic mass is 10.2. The van der Waals surface area contributed by atoms with Crippen LogP contribution in [0.2, 0.25) is 0 Å². The molecule has 22 heavy (non-hydrogen) atoms. The predicted octanol–water partition coefficient (Wildman–Crippen LogP) is 2.15. The smallest absolute Gasteiger partial charge is 0.252 e. The molecule has 2 aromatic rings. The van der Waals surface area contributed by atoms with Gasteiger partial charge in [0.25, 0.3) is 5.91 Å².